The van der Waals surface area contributed by atoms with Gasteiger partial charge in [-0.25, -0.2) is 14.8 Å². The fraction of sp³-hybridized carbons (Fsp3) is 0.267. The van der Waals surface area contributed by atoms with Gasteiger partial charge < -0.3 is 4.74 Å². The fourth-order valence-electron chi connectivity index (χ4n) is 2.25. The second-order valence-corrected chi connectivity index (χ2v) is 5.09. The fourth-order valence-corrected chi connectivity index (χ4v) is 2.25. The van der Waals surface area contributed by atoms with Crippen LogP contribution in [0, 0.1) is 0 Å². The number of rotatable bonds is 3. The number of carbonyl (C=O) groups excluding carboxylic acids is 1. The zero-order chi connectivity index (χ0) is 18.4. The average molecular weight is 359 g/mol. The molecule has 3 rings (SSSR count). The van der Waals surface area contributed by atoms with E-state index in [1.807, 2.05) is 0 Å². The summed E-state index contributed by atoms with van der Waals surface area (Å²) in [6, 6.07) is 4.65. The first-order valence-corrected chi connectivity index (χ1v) is 7.06. The maximum atomic E-state index is 13.5. The maximum absolute atomic E-state index is 13.5. The molecule has 3 heterocycles. The second kappa shape index (κ2) is 5.64. The molecular formula is C15H10F5N3O2. The molecule has 5 nitrogen and oxygen atoms in total. The summed E-state index contributed by atoms with van der Waals surface area (Å²) < 4.78 is 70.7. The van der Waals surface area contributed by atoms with E-state index < -0.39 is 23.8 Å². The Kier molecular flexibility index (Phi) is 3.85. The van der Waals surface area contributed by atoms with Gasteiger partial charge in [-0.2, -0.15) is 22.0 Å². The maximum Gasteiger partial charge on any atom is 0.459 e. The minimum atomic E-state index is -5.77. The van der Waals surface area contributed by atoms with Gasteiger partial charge in [-0.15, -0.1) is 0 Å². The summed E-state index contributed by atoms with van der Waals surface area (Å²) in [6.45, 7) is 1.70. The standard InChI is InChI=1S/C15H10F5N3O2/c1-2-25-13(24)9-7-23-11(21-9)6-4-8-3-5-10(22-12(8)23)14(16,17)15(18,19)20/h3-7H,2H2,1H3. The van der Waals surface area contributed by atoms with Gasteiger partial charge in [0.2, 0.25) is 0 Å². The van der Waals surface area contributed by atoms with Crippen LogP contribution in [0.5, 0.6) is 0 Å². The molecular weight excluding hydrogens is 349 g/mol. The van der Waals surface area contributed by atoms with E-state index in [-0.39, 0.29) is 23.6 Å². The molecule has 0 saturated carbocycles. The van der Waals surface area contributed by atoms with Crippen LogP contribution in [0.3, 0.4) is 0 Å². The molecule has 0 amide bonds. The van der Waals surface area contributed by atoms with E-state index in [2.05, 4.69) is 9.97 Å². The van der Waals surface area contributed by atoms with Crippen molar-refractivity contribution in [1.29, 1.82) is 0 Å². The summed E-state index contributed by atoms with van der Waals surface area (Å²) >= 11 is 0. The van der Waals surface area contributed by atoms with Crippen LogP contribution in [0.2, 0.25) is 0 Å². The van der Waals surface area contributed by atoms with Gasteiger partial charge in [0.25, 0.3) is 0 Å². The first-order valence-electron chi connectivity index (χ1n) is 7.06. The van der Waals surface area contributed by atoms with Gasteiger partial charge in [-0.3, -0.25) is 4.40 Å². The molecule has 3 aromatic rings. The summed E-state index contributed by atoms with van der Waals surface area (Å²) in [5.74, 6) is -5.84. The Morgan fingerprint density at radius 1 is 1.12 bits per heavy atom. The topological polar surface area (TPSA) is 56.5 Å². The zero-order valence-corrected chi connectivity index (χ0v) is 12.6. The Morgan fingerprint density at radius 3 is 2.44 bits per heavy atom. The number of hydrogen-bond donors (Lipinski definition) is 0. The molecule has 0 aliphatic carbocycles. The molecule has 0 N–H and O–H groups in total. The van der Waals surface area contributed by atoms with Crippen molar-refractivity contribution >= 4 is 22.6 Å². The molecule has 0 saturated heterocycles. The van der Waals surface area contributed by atoms with Crippen LogP contribution in [-0.4, -0.2) is 33.1 Å². The summed E-state index contributed by atoms with van der Waals surface area (Å²) in [5.41, 5.74) is -1.56. The highest BCUT2D eigenvalue weighted by molar-refractivity contribution is 5.89. The smallest absolute Gasteiger partial charge is 0.459 e. The number of imidazole rings is 1. The summed E-state index contributed by atoms with van der Waals surface area (Å²) in [5, 5.41) is 0.307. The van der Waals surface area contributed by atoms with E-state index in [1.165, 1.54) is 18.3 Å². The van der Waals surface area contributed by atoms with E-state index in [1.54, 1.807) is 6.92 Å². The molecule has 0 unspecified atom stereocenters. The number of carbonyl (C=O) groups is 1. The van der Waals surface area contributed by atoms with Crippen LogP contribution in [0.1, 0.15) is 23.1 Å². The van der Waals surface area contributed by atoms with Crippen molar-refractivity contribution in [2.24, 2.45) is 0 Å². The number of ether oxygens (including phenoxy) is 1. The van der Waals surface area contributed by atoms with Crippen LogP contribution in [0.15, 0.2) is 30.5 Å². The molecule has 25 heavy (non-hydrogen) atoms. The van der Waals surface area contributed by atoms with Crippen molar-refractivity contribution in [3.63, 3.8) is 0 Å². The molecule has 132 valence electrons. The predicted molar refractivity (Wildman–Crippen MR) is 76.4 cm³/mol. The minimum absolute atomic E-state index is 0.105. The largest absolute Gasteiger partial charge is 0.461 e. The van der Waals surface area contributed by atoms with Crippen molar-refractivity contribution in [3.8, 4) is 0 Å². The molecule has 3 aromatic heterocycles. The number of aromatic nitrogens is 3. The monoisotopic (exact) mass is 359 g/mol. The molecule has 0 bridgehead atoms. The van der Waals surface area contributed by atoms with Gasteiger partial charge in [0.1, 0.15) is 17.0 Å². The highest BCUT2D eigenvalue weighted by Crippen LogP contribution is 2.43. The van der Waals surface area contributed by atoms with Crippen LogP contribution >= 0.6 is 0 Å². The van der Waals surface area contributed by atoms with Crippen molar-refractivity contribution in [3.05, 3.63) is 41.9 Å². The predicted octanol–water partition coefficient (Wildman–Crippen LogP) is 3.71. The molecule has 10 heteroatoms. The SMILES string of the molecule is CCOC(=O)c1cn2c(ccc3ccc(C(F)(F)C(F)(F)F)nc32)n1. The van der Waals surface area contributed by atoms with Crippen molar-refractivity contribution < 1.29 is 31.5 Å². The van der Waals surface area contributed by atoms with E-state index in [9.17, 15) is 26.7 Å². The molecule has 0 radical (unpaired) electrons. The zero-order valence-electron chi connectivity index (χ0n) is 12.6. The van der Waals surface area contributed by atoms with E-state index in [0.29, 0.717) is 11.5 Å². The Balaban J connectivity index is 2.20. The number of alkyl halides is 5. The molecule has 0 aliphatic rings. The van der Waals surface area contributed by atoms with Crippen molar-refractivity contribution in [1.82, 2.24) is 14.4 Å². The van der Waals surface area contributed by atoms with Crippen LogP contribution < -0.4 is 0 Å². The van der Waals surface area contributed by atoms with Crippen molar-refractivity contribution in [2.75, 3.05) is 6.61 Å². The third-order valence-electron chi connectivity index (χ3n) is 3.44. The summed E-state index contributed by atoms with van der Waals surface area (Å²) in [6.07, 6.45) is -4.59. The van der Waals surface area contributed by atoms with Crippen LogP contribution in [0.25, 0.3) is 16.7 Å². The van der Waals surface area contributed by atoms with Gasteiger partial charge in [0.15, 0.2) is 5.69 Å². The number of pyridine rings is 2. The summed E-state index contributed by atoms with van der Waals surface area (Å²) in [4.78, 5) is 19.1. The minimum Gasteiger partial charge on any atom is -0.461 e. The third kappa shape index (κ3) is 2.77. The first kappa shape index (κ1) is 17.1. The Hall–Kier alpha value is -2.78. The van der Waals surface area contributed by atoms with E-state index in [0.717, 1.165) is 10.5 Å². The van der Waals surface area contributed by atoms with Gasteiger partial charge in [-0.05, 0) is 31.2 Å². The highest BCUT2D eigenvalue weighted by Gasteiger charge is 2.60. The Labute approximate surface area is 137 Å². The van der Waals surface area contributed by atoms with Gasteiger partial charge >= 0.3 is 18.1 Å². The average Bonchev–Trinajstić information content (AvgIpc) is 2.98. The van der Waals surface area contributed by atoms with Gasteiger partial charge in [0.05, 0.1) is 6.61 Å². The highest BCUT2D eigenvalue weighted by atomic mass is 19.4. The second-order valence-electron chi connectivity index (χ2n) is 5.09. The lowest BCUT2D eigenvalue weighted by molar-refractivity contribution is -0.290. The van der Waals surface area contributed by atoms with Crippen LogP contribution in [0.4, 0.5) is 22.0 Å². The van der Waals surface area contributed by atoms with Gasteiger partial charge in [0, 0.05) is 11.6 Å². The molecule has 0 aromatic carbocycles. The molecule has 0 aliphatic heterocycles. The van der Waals surface area contributed by atoms with Crippen LogP contribution in [-0.2, 0) is 10.7 Å². The third-order valence-corrected chi connectivity index (χ3v) is 3.44. The number of fused-ring (bicyclic) bond motifs is 3. The number of esters is 1. The quantitative estimate of drug-likeness (QED) is 0.528. The number of halogens is 5. The molecule has 0 atom stereocenters. The normalized spacial score (nSPS) is 12.7. The lowest BCUT2D eigenvalue weighted by atomic mass is 10.2. The summed E-state index contributed by atoms with van der Waals surface area (Å²) in [7, 11) is 0. The van der Waals surface area contributed by atoms with E-state index >= 15 is 0 Å². The Bertz CT molecular complexity index is 965. The number of nitrogens with zero attached hydrogens (tertiary/aromatic N) is 3. The lowest BCUT2D eigenvalue weighted by Gasteiger charge is -2.19. The molecule has 0 fully saturated rings. The Morgan fingerprint density at radius 2 is 1.80 bits per heavy atom. The lowest BCUT2D eigenvalue weighted by Crippen LogP contribution is -2.34. The number of hydrogen-bond acceptors (Lipinski definition) is 4. The van der Waals surface area contributed by atoms with Gasteiger partial charge in [-0.1, -0.05) is 0 Å². The molecule has 0 spiro atoms. The first-order chi connectivity index (χ1) is 11.6. The van der Waals surface area contributed by atoms with Crippen molar-refractivity contribution in [2.45, 2.75) is 19.0 Å². The van der Waals surface area contributed by atoms with E-state index in [4.69, 9.17) is 4.74 Å².